The zero-order valence-electron chi connectivity index (χ0n) is 8.71. The Labute approximate surface area is 85.8 Å². The van der Waals surface area contributed by atoms with Crippen molar-refractivity contribution in [1.82, 2.24) is 5.32 Å². The summed E-state index contributed by atoms with van der Waals surface area (Å²) >= 11 is 2.07. The zero-order chi connectivity index (χ0) is 9.52. The van der Waals surface area contributed by atoms with Gasteiger partial charge in [0.15, 0.2) is 0 Å². The first-order valence-corrected chi connectivity index (χ1v) is 6.21. The van der Waals surface area contributed by atoms with Gasteiger partial charge < -0.3 is 10.1 Å². The lowest BCUT2D eigenvalue weighted by Gasteiger charge is -2.30. The second kappa shape index (κ2) is 6.68. The second-order valence-electron chi connectivity index (χ2n) is 3.58. The van der Waals surface area contributed by atoms with Gasteiger partial charge in [-0.1, -0.05) is 12.8 Å². The first-order chi connectivity index (χ1) is 6.38. The molecule has 1 fully saturated rings. The van der Waals surface area contributed by atoms with E-state index in [9.17, 15) is 0 Å². The highest BCUT2D eigenvalue weighted by Gasteiger charge is 2.23. The number of hydrogen-bond donors (Lipinski definition) is 1. The van der Waals surface area contributed by atoms with E-state index in [0.717, 1.165) is 23.7 Å². The van der Waals surface area contributed by atoms with Crippen molar-refractivity contribution >= 4 is 11.8 Å². The van der Waals surface area contributed by atoms with Gasteiger partial charge in [0.25, 0.3) is 0 Å². The number of nitrogens with one attached hydrogen (secondary N) is 1. The molecule has 2 nitrogen and oxygen atoms in total. The molecule has 0 amide bonds. The van der Waals surface area contributed by atoms with Gasteiger partial charge in [-0.2, -0.15) is 11.8 Å². The van der Waals surface area contributed by atoms with E-state index in [4.69, 9.17) is 4.74 Å². The van der Waals surface area contributed by atoms with Crippen LogP contribution in [0.3, 0.4) is 0 Å². The number of methoxy groups -OCH3 is 1. The fourth-order valence-corrected chi connectivity index (χ4v) is 3.31. The minimum atomic E-state index is 0.732. The highest BCUT2D eigenvalue weighted by Crippen LogP contribution is 2.28. The molecule has 1 rings (SSSR count). The van der Waals surface area contributed by atoms with E-state index in [1.165, 1.54) is 25.7 Å². The molecule has 2 atom stereocenters. The number of ether oxygens (including phenoxy) is 1. The highest BCUT2D eigenvalue weighted by molar-refractivity contribution is 7.99. The summed E-state index contributed by atoms with van der Waals surface area (Å²) in [6, 6.07) is 0.732. The monoisotopic (exact) mass is 203 g/mol. The SMILES string of the molecule is CNC1CCCCC1SCCOC. The van der Waals surface area contributed by atoms with Crippen molar-refractivity contribution in [2.45, 2.75) is 37.0 Å². The smallest absolute Gasteiger partial charge is 0.0553 e. The van der Waals surface area contributed by atoms with Gasteiger partial charge in [-0.15, -0.1) is 0 Å². The van der Waals surface area contributed by atoms with Gasteiger partial charge in [-0.3, -0.25) is 0 Å². The van der Waals surface area contributed by atoms with E-state index in [2.05, 4.69) is 24.1 Å². The van der Waals surface area contributed by atoms with Crippen LogP contribution in [0.15, 0.2) is 0 Å². The number of hydrogen-bond acceptors (Lipinski definition) is 3. The molecule has 0 heterocycles. The minimum absolute atomic E-state index is 0.732. The van der Waals surface area contributed by atoms with Gasteiger partial charge in [0.2, 0.25) is 0 Å². The average Bonchev–Trinajstić information content (AvgIpc) is 2.19. The molecule has 1 N–H and O–H groups in total. The normalized spacial score (nSPS) is 29.1. The van der Waals surface area contributed by atoms with Crippen molar-refractivity contribution < 1.29 is 4.74 Å². The molecule has 0 aromatic carbocycles. The lowest BCUT2D eigenvalue weighted by atomic mass is 9.95. The summed E-state index contributed by atoms with van der Waals surface area (Å²) in [5.41, 5.74) is 0. The van der Waals surface area contributed by atoms with Crippen LogP contribution in [-0.2, 0) is 4.74 Å². The van der Waals surface area contributed by atoms with Crippen LogP contribution in [0.4, 0.5) is 0 Å². The summed E-state index contributed by atoms with van der Waals surface area (Å²) in [6.07, 6.45) is 5.52. The summed E-state index contributed by atoms with van der Waals surface area (Å²) in [7, 11) is 3.86. The van der Waals surface area contributed by atoms with Crippen LogP contribution >= 0.6 is 11.8 Å². The molecular formula is C10H21NOS. The largest absolute Gasteiger partial charge is 0.384 e. The van der Waals surface area contributed by atoms with Crippen LogP contribution < -0.4 is 5.32 Å². The van der Waals surface area contributed by atoms with Crippen LogP contribution in [0, 0.1) is 0 Å². The van der Waals surface area contributed by atoms with Crippen molar-refractivity contribution in [3.05, 3.63) is 0 Å². The van der Waals surface area contributed by atoms with Crippen molar-refractivity contribution in [2.75, 3.05) is 26.5 Å². The Kier molecular flexibility index (Phi) is 5.83. The third kappa shape index (κ3) is 3.88. The standard InChI is InChI=1S/C10H21NOS/c1-11-9-5-3-4-6-10(9)13-8-7-12-2/h9-11H,3-8H2,1-2H3. The minimum Gasteiger partial charge on any atom is -0.384 e. The molecular weight excluding hydrogens is 182 g/mol. The maximum atomic E-state index is 5.06. The van der Waals surface area contributed by atoms with E-state index in [0.29, 0.717) is 0 Å². The van der Waals surface area contributed by atoms with E-state index >= 15 is 0 Å². The molecule has 13 heavy (non-hydrogen) atoms. The van der Waals surface area contributed by atoms with Gasteiger partial charge >= 0.3 is 0 Å². The van der Waals surface area contributed by atoms with Crippen LogP contribution in [-0.4, -0.2) is 37.8 Å². The molecule has 2 unspecified atom stereocenters. The summed E-state index contributed by atoms with van der Waals surface area (Å²) in [6.45, 7) is 0.887. The van der Waals surface area contributed by atoms with Crippen LogP contribution in [0.5, 0.6) is 0 Å². The van der Waals surface area contributed by atoms with E-state index in [-0.39, 0.29) is 0 Å². The molecule has 1 saturated carbocycles. The van der Waals surface area contributed by atoms with Crippen molar-refractivity contribution in [1.29, 1.82) is 0 Å². The maximum Gasteiger partial charge on any atom is 0.0553 e. The molecule has 0 radical (unpaired) electrons. The summed E-state index contributed by atoms with van der Waals surface area (Å²) in [5.74, 6) is 1.14. The van der Waals surface area contributed by atoms with E-state index in [1.807, 2.05) is 0 Å². The third-order valence-corrected chi connectivity index (χ3v) is 4.09. The number of rotatable bonds is 5. The first-order valence-electron chi connectivity index (χ1n) is 5.16. The summed E-state index contributed by atoms with van der Waals surface area (Å²) in [5, 5.41) is 4.23. The molecule has 0 bridgehead atoms. The molecule has 0 spiro atoms. The Morgan fingerprint density at radius 1 is 1.38 bits per heavy atom. The third-order valence-electron chi connectivity index (χ3n) is 2.69. The van der Waals surface area contributed by atoms with Gasteiger partial charge in [-0.25, -0.2) is 0 Å². The van der Waals surface area contributed by atoms with Crippen LogP contribution in [0.2, 0.25) is 0 Å². The van der Waals surface area contributed by atoms with Crippen molar-refractivity contribution in [3.63, 3.8) is 0 Å². The van der Waals surface area contributed by atoms with Gasteiger partial charge in [0.05, 0.1) is 6.61 Å². The van der Waals surface area contributed by atoms with E-state index < -0.39 is 0 Å². The Morgan fingerprint density at radius 2 is 2.15 bits per heavy atom. The lowest BCUT2D eigenvalue weighted by molar-refractivity contribution is 0.218. The van der Waals surface area contributed by atoms with Crippen molar-refractivity contribution in [2.24, 2.45) is 0 Å². The second-order valence-corrected chi connectivity index (χ2v) is 4.93. The van der Waals surface area contributed by atoms with E-state index in [1.54, 1.807) is 7.11 Å². The van der Waals surface area contributed by atoms with Gasteiger partial charge in [0.1, 0.15) is 0 Å². The molecule has 1 aliphatic rings. The molecule has 0 aliphatic heterocycles. The highest BCUT2D eigenvalue weighted by atomic mass is 32.2. The predicted molar refractivity (Wildman–Crippen MR) is 59.4 cm³/mol. The molecule has 1 aliphatic carbocycles. The maximum absolute atomic E-state index is 5.06. The molecule has 78 valence electrons. The van der Waals surface area contributed by atoms with Gasteiger partial charge in [-0.05, 0) is 19.9 Å². The molecule has 0 aromatic rings. The molecule has 0 aromatic heterocycles. The molecule has 3 heteroatoms. The Hall–Kier alpha value is 0.270. The Morgan fingerprint density at radius 3 is 2.85 bits per heavy atom. The Balaban J connectivity index is 2.19. The topological polar surface area (TPSA) is 21.3 Å². The zero-order valence-corrected chi connectivity index (χ0v) is 9.53. The van der Waals surface area contributed by atoms with Crippen LogP contribution in [0.25, 0.3) is 0 Å². The average molecular weight is 203 g/mol. The van der Waals surface area contributed by atoms with Crippen LogP contribution in [0.1, 0.15) is 25.7 Å². The fourth-order valence-electron chi connectivity index (χ4n) is 1.91. The quantitative estimate of drug-likeness (QED) is 0.690. The van der Waals surface area contributed by atoms with Gasteiger partial charge in [0, 0.05) is 24.2 Å². The first kappa shape index (κ1) is 11.3. The van der Waals surface area contributed by atoms with Crippen molar-refractivity contribution in [3.8, 4) is 0 Å². The number of thioether (sulfide) groups is 1. The predicted octanol–water partition coefficient (Wildman–Crippen LogP) is 1.90. The summed E-state index contributed by atoms with van der Waals surface area (Å²) < 4.78 is 5.06. The Bertz CT molecular complexity index is 132. The molecule has 0 saturated heterocycles. The summed E-state index contributed by atoms with van der Waals surface area (Å²) in [4.78, 5) is 0. The fraction of sp³-hybridized carbons (Fsp3) is 1.00. The lowest BCUT2D eigenvalue weighted by Crippen LogP contribution is -2.38.